The first-order valence-electron chi connectivity index (χ1n) is 6.63. The van der Waals surface area contributed by atoms with Crippen LogP contribution in [0.1, 0.15) is 32.1 Å². The summed E-state index contributed by atoms with van der Waals surface area (Å²) >= 11 is 0. The second-order valence-corrected chi connectivity index (χ2v) is 6.37. The number of benzene rings is 1. The van der Waals surface area contributed by atoms with Gasteiger partial charge in [-0.3, -0.25) is 9.36 Å². The highest BCUT2D eigenvalue weighted by molar-refractivity contribution is 7.54. The van der Waals surface area contributed by atoms with Crippen molar-refractivity contribution in [1.82, 2.24) is 4.90 Å². The highest BCUT2D eigenvalue weighted by atomic mass is 31.2. The Kier molecular flexibility index (Phi) is 6.40. The van der Waals surface area contributed by atoms with Crippen molar-refractivity contribution in [3.05, 3.63) is 35.9 Å². The van der Waals surface area contributed by atoms with Crippen molar-refractivity contribution in [3.63, 3.8) is 0 Å². The van der Waals surface area contributed by atoms with Gasteiger partial charge in [0.1, 0.15) is 0 Å². The molecular formula is C14H22NO4P. The maximum Gasteiger partial charge on any atom is 0.357 e. The zero-order valence-electron chi connectivity index (χ0n) is 12.4. The van der Waals surface area contributed by atoms with Crippen molar-refractivity contribution in [2.75, 3.05) is 20.3 Å². The van der Waals surface area contributed by atoms with E-state index in [2.05, 4.69) is 0 Å². The van der Waals surface area contributed by atoms with Gasteiger partial charge in [-0.15, -0.1) is 0 Å². The molecule has 5 nitrogen and oxygen atoms in total. The Morgan fingerprint density at radius 2 is 1.70 bits per heavy atom. The van der Waals surface area contributed by atoms with E-state index in [4.69, 9.17) is 9.05 Å². The van der Waals surface area contributed by atoms with Crippen LogP contribution in [0.3, 0.4) is 0 Å². The predicted octanol–water partition coefficient (Wildman–Crippen LogP) is 3.43. The third-order valence-corrected chi connectivity index (χ3v) is 5.36. The molecule has 0 N–H and O–H groups in total. The van der Waals surface area contributed by atoms with Crippen molar-refractivity contribution in [2.24, 2.45) is 0 Å². The van der Waals surface area contributed by atoms with Crippen molar-refractivity contribution < 1.29 is 18.4 Å². The minimum atomic E-state index is -3.46. The summed E-state index contributed by atoms with van der Waals surface area (Å²) in [7, 11) is -1.85. The number of rotatable bonds is 7. The normalized spacial score (nSPS) is 13.0. The molecule has 0 aliphatic rings. The molecule has 1 aromatic carbocycles. The van der Waals surface area contributed by atoms with Crippen LogP contribution in [-0.2, 0) is 18.4 Å². The highest BCUT2D eigenvalue weighted by Gasteiger charge is 2.40. The summed E-state index contributed by atoms with van der Waals surface area (Å²) in [6, 6.07) is 9.15. The first-order chi connectivity index (χ1) is 9.46. The van der Waals surface area contributed by atoms with Crippen LogP contribution in [0.2, 0.25) is 0 Å². The fourth-order valence-electron chi connectivity index (χ4n) is 1.95. The van der Waals surface area contributed by atoms with Crippen molar-refractivity contribution in [1.29, 1.82) is 0 Å². The summed E-state index contributed by atoms with van der Waals surface area (Å²) in [5.74, 6) is -0.931. The van der Waals surface area contributed by atoms with Crippen molar-refractivity contribution in [2.45, 2.75) is 26.6 Å². The molecule has 0 fully saturated rings. The summed E-state index contributed by atoms with van der Waals surface area (Å²) in [5.41, 5.74) is 0.732. The number of carbonyl (C=O) groups is 1. The molecular weight excluding hydrogens is 277 g/mol. The van der Waals surface area contributed by atoms with Gasteiger partial charge in [-0.25, -0.2) is 0 Å². The van der Waals surface area contributed by atoms with Gasteiger partial charge in [0.2, 0.25) is 5.91 Å². The van der Waals surface area contributed by atoms with Gasteiger partial charge in [-0.2, -0.15) is 0 Å². The molecule has 0 aromatic heterocycles. The van der Waals surface area contributed by atoms with Gasteiger partial charge < -0.3 is 13.9 Å². The molecule has 0 heterocycles. The van der Waals surface area contributed by atoms with Gasteiger partial charge in [0.15, 0.2) is 5.78 Å². The zero-order chi connectivity index (χ0) is 15.2. The maximum atomic E-state index is 13.0. The Morgan fingerprint density at radius 1 is 1.20 bits per heavy atom. The van der Waals surface area contributed by atoms with Crippen LogP contribution in [0.4, 0.5) is 0 Å². The van der Waals surface area contributed by atoms with Gasteiger partial charge >= 0.3 is 7.60 Å². The molecule has 6 heteroatoms. The number of nitrogens with zero attached hydrogens (tertiary/aromatic N) is 1. The second-order valence-electron chi connectivity index (χ2n) is 4.29. The lowest BCUT2D eigenvalue weighted by Gasteiger charge is -2.33. The number of hydrogen-bond donors (Lipinski definition) is 0. The summed E-state index contributed by atoms with van der Waals surface area (Å²) < 4.78 is 23.8. The third kappa shape index (κ3) is 3.92. The second kappa shape index (κ2) is 7.58. The zero-order valence-corrected chi connectivity index (χ0v) is 13.3. The van der Waals surface area contributed by atoms with Crippen LogP contribution < -0.4 is 0 Å². The molecule has 112 valence electrons. The Bertz CT molecular complexity index is 467. The predicted molar refractivity (Wildman–Crippen MR) is 78.5 cm³/mol. The summed E-state index contributed by atoms with van der Waals surface area (Å²) in [6.45, 7) is 5.44. The molecule has 1 atom stereocenters. The van der Waals surface area contributed by atoms with E-state index < -0.39 is 13.4 Å². The standard InChI is InChI=1S/C14H22NO4P/c1-5-18-20(17,19-6-2)14(15(4)12(3)16)13-10-8-7-9-11-13/h7-11,14H,5-6H2,1-4H3/t14-/m1/s1. The monoisotopic (exact) mass is 299 g/mol. The van der Waals surface area contributed by atoms with Crippen LogP contribution in [-0.4, -0.2) is 31.1 Å². The van der Waals surface area contributed by atoms with Crippen molar-refractivity contribution >= 4 is 13.5 Å². The first kappa shape index (κ1) is 16.9. The topological polar surface area (TPSA) is 55.8 Å². The molecule has 0 aliphatic carbocycles. The first-order valence-corrected chi connectivity index (χ1v) is 8.24. The Labute approximate surface area is 120 Å². The maximum absolute atomic E-state index is 13.0. The van der Waals surface area contributed by atoms with Gasteiger partial charge in [-0.1, -0.05) is 30.3 Å². The van der Waals surface area contributed by atoms with Crippen LogP contribution in [0.25, 0.3) is 0 Å². The van der Waals surface area contributed by atoms with E-state index >= 15 is 0 Å². The summed E-state index contributed by atoms with van der Waals surface area (Å²) in [5, 5.41) is 0. The van der Waals surface area contributed by atoms with E-state index in [1.54, 1.807) is 20.9 Å². The van der Waals surface area contributed by atoms with Gasteiger partial charge in [0.05, 0.1) is 13.2 Å². The van der Waals surface area contributed by atoms with E-state index in [0.29, 0.717) is 0 Å². The smallest absolute Gasteiger partial charge is 0.328 e. The molecule has 0 saturated heterocycles. The molecule has 0 spiro atoms. The Hall–Kier alpha value is -1.16. The molecule has 0 saturated carbocycles. The Morgan fingerprint density at radius 3 is 2.10 bits per heavy atom. The molecule has 0 unspecified atom stereocenters. The molecule has 20 heavy (non-hydrogen) atoms. The molecule has 1 aromatic rings. The van der Waals surface area contributed by atoms with E-state index in [1.807, 2.05) is 30.3 Å². The average molecular weight is 299 g/mol. The van der Waals surface area contributed by atoms with Gasteiger partial charge in [-0.05, 0) is 19.4 Å². The number of carbonyl (C=O) groups excluding carboxylic acids is 1. The van der Waals surface area contributed by atoms with Crippen LogP contribution in [0.15, 0.2) is 30.3 Å². The fourth-order valence-corrected chi connectivity index (χ4v) is 4.15. The van der Waals surface area contributed by atoms with Crippen LogP contribution in [0, 0.1) is 0 Å². The number of amides is 1. The van der Waals surface area contributed by atoms with E-state index in [0.717, 1.165) is 5.56 Å². The lowest BCUT2D eigenvalue weighted by Crippen LogP contribution is -2.30. The van der Waals surface area contributed by atoms with Gasteiger partial charge in [0.25, 0.3) is 0 Å². The Balaban J connectivity index is 3.28. The summed E-state index contributed by atoms with van der Waals surface area (Å²) in [6.07, 6.45) is 0. The van der Waals surface area contributed by atoms with E-state index in [1.165, 1.54) is 11.8 Å². The molecule has 0 bridgehead atoms. The lowest BCUT2D eigenvalue weighted by atomic mass is 10.2. The number of hydrogen-bond acceptors (Lipinski definition) is 4. The highest BCUT2D eigenvalue weighted by Crippen LogP contribution is 2.61. The minimum Gasteiger partial charge on any atom is -0.328 e. The molecule has 1 rings (SSSR count). The van der Waals surface area contributed by atoms with Crippen LogP contribution in [0.5, 0.6) is 0 Å². The summed E-state index contributed by atoms with van der Waals surface area (Å²) in [4.78, 5) is 13.1. The third-order valence-electron chi connectivity index (χ3n) is 2.88. The van der Waals surface area contributed by atoms with Crippen LogP contribution >= 0.6 is 7.60 Å². The molecule has 0 radical (unpaired) electrons. The molecule has 1 amide bonds. The SMILES string of the molecule is CCOP(=O)(OCC)[C@H](c1ccccc1)N(C)C(C)=O. The minimum absolute atomic E-state index is 0.196. The van der Waals surface area contributed by atoms with Crippen molar-refractivity contribution in [3.8, 4) is 0 Å². The van der Waals surface area contributed by atoms with E-state index in [9.17, 15) is 9.36 Å². The van der Waals surface area contributed by atoms with E-state index in [-0.39, 0.29) is 19.1 Å². The average Bonchev–Trinajstić information content (AvgIpc) is 2.40. The quantitative estimate of drug-likeness (QED) is 0.724. The largest absolute Gasteiger partial charge is 0.357 e. The lowest BCUT2D eigenvalue weighted by molar-refractivity contribution is -0.128. The van der Waals surface area contributed by atoms with Gasteiger partial charge in [0, 0.05) is 14.0 Å². The molecule has 0 aliphatic heterocycles. The fraction of sp³-hybridized carbons (Fsp3) is 0.500.